The Hall–Kier alpha value is -0.490. The number of halogens is 1. The minimum absolute atomic E-state index is 0.293. The zero-order valence-corrected chi connectivity index (χ0v) is 10.2. The Morgan fingerprint density at radius 2 is 1.93 bits per heavy atom. The van der Waals surface area contributed by atoms with Gasteiger partial charge in [0.1, 0.15) is 0 Å². The van der Waals surface area contributed by atoms with E-state index in [4.69, 9.17) is 11.6 Å². The van der Waals surface area contributed by atoms with Gasteiger partial charge in [-0.05, 0) is 62.1 Å². The molecule has 1 aromatic carbocycles. The molecule has 0 amide bonds. The number of rotatable bonds is 3. The van der Waals surface area contributed by atoms with Crippen molar-refractivity contribution < 1.29 is 0 Å². The average Bonchev–Trinajstić information content (AvgIpc) is 2.26. The maximum Gasteiger partial charge on any atom is 0.0311 e. The third-order valence-electron chi connectivity index (χ3n) is 3.24. The number of aryl methyl sites for hydroxylation is 3. The van der Waals surface area contributed by atoms with Crippen LogP contribution < -0.4 is 0 Å². The maximum atomic E-state index is 5.97. The molecule has 0 aromatic heterocycles. The molecular weight excluding hydrogens is 204 g/mol. The van der Waals surface area contributed by atoms with E-state index >= 15 is 0 Å². The fourth-order valence-corrected chi connectivity index (χ4v) is 2.42. The highest BCUT2D eigenvalue weighted by molar-refractivity contribution is 6.20. The lowest BCUT2D eigenvalue weighted by atomic mass is 9.89. The largest absolute Gasteiger partial charge is 0.123 e. The highest BCUT2D eigenvalue weighted by atomic mass is 35.5. The number of fused-ring (bicyclic) bond motifs is 1. The molecule has 0 bridgehead atoms. The molecule has 0 N–H and O–H groups in total. The lowest BCUT2D eigenvalue weighted by Gasteiger charge is -2.16. The average molecular weight is 223 g/mol. The minimum Gasteiger partial charge on any atom is -0.123 e. The van der Waals surface area contributed by atoms with Gasteiger partial charge in [-0.25, -0.2) is 0 Å². The Morgan fingerprint density at radius 3 is 2.67 bits per heavy atom. The highest BCUT2D eigenvalue weighted by Crippen LogP contribution is 2.23. The van der Waals surface area contributed by atoms with Crippen molar-refractivity contribution in [2.45, 2.75) is 50.8 Å². The molecule has 0 heterocycles. The Kier molecular flexibility index (Phi) is 3.69. The van der Waals surface area contributed by atoms with Crippen molar-refractivity contribution in [1.82, 2.24) is 0 Å². The lowest BCUT2D eigenvalue weighted by Crippen LogP contribution is -2.04. The van der Waals surface area contributed by atoms with Gasteiger partial charge in [0, 0.05) is 5.38 Å². The van der Waals surface area contributed by atoms with Crippen LogP contribution in [0.15, 0.2) is 18.2 Å². The van der Waals surface area contributed by atoms with Crippen molar-refractivity contribution in [3.05, 3.63) is 34.9 Å². The number of alkyl halides is 1. The van der Waals surface area contributed by atoms with Crippen LogP contribution in [0, 0.1) is 0 Å². The summed E-state index contributed by atoms with van der Waals surface area (Å²) in [6.45, 7) is 2.07. The van der Waals surface area contributed by atoms with Gasteiger partial charge in [0.25, 0.3) is 0 Å². The first-order chi connectivity index (χ1) is 7.25. The van der Waals surface area contributed by atoms with Gasteiger partial charge in [-0.15, -0.1) is 11.6 Å². The smallest absolute Gasteiger partial charge is 0.0311 e. The SMILES string of the molecule is CC(Cl)CCc1ccc2c(c1)CCCC2. The van der Waals surface area contributed by atoms with E-state index in [-0.39, 0.29) is 0 Å². The second-order valence-corrected chi connectivity index (χ2v) is 5.37. The first-order valence-electron chi connectivity index (χ1n) is 6.00. The monoisotopic (exact) mass is 222 g/mol. The topological polar surface area (TPSA) is 0 Å². The van der Waals surface area contributed by atoms with Crippen molar-refractivity contribution in [2.24, 2.45) is 0 Å². The van der Waals surface area contributed by atoms with Crippen LogP contribution in [0.2, 0.25) is 0 Å². The Bertz CT molecular complexity index is 328. The van der Waals surface area contributed by atoms with Crippen molar-refractivity contribution in [3.8, 4) is 0 Å². The molecule has 1 aliphatic carbocycles. The Labute approximate surface area is 97.6 Å². The van der Waals surface area contributed by atoms with E-state index in [2.05, 4.69) is 25.1 Å². The molecule has 1 unspecified atom stereocenters. The maximum absolute atomic E-state index is 5.97. The molecule has 2 rings (SSSR count). The highest BCUT2D eigenvalue weighted by Gasteiger charge is 2.09. The molecule has 0 saturated heterocycles. The fraction of sp³-hybridized carbons (Fsp3) is 0.571. The van der Waals surface area contributed by atoms with Crippen LogP contribution in [0.3, 0.4) is 0 Å². The summed E-state index contributed by atoms with van der Waals surface area (Å²) >= 11 is 5.97. The Morgan fingerprint density at radius 1 is 1.20 bits per heavy atom. The van der Waals surface area contributed by atoms with Crippen LogP contribution in [-0.2, 0) is 19.3 Å². The van der Waals surface area contributed by atoms with Gasteiger partial charge in [-0.3, -0.25) is 0 Å². The molecule has 0 radical (unpaired) electrons. The molecular formula is C14H19Cl. The summed E-state index contributed by atoms with van der Waals surface area (Å²) in [5, 5.41) is 0.293. The van der Waals surface area contributed by atoms with E-state index in [0.717, 1.165) is 12.8 Å². The zero-order chi connectivity index (χ0) is 10.7. The quantitative estimate of drug-likeness (QED) is 0.675. The Balaban J connectivity index is 2.07. The summed E-state index contributed by atoms with van der Waals surface area (Å²) in [5.41, 5.74) is 4.62. The number of hydrogen-bond donors (Lipinski definition) is 0. The summed E-state index contributed by atoms with van der Waals surface area (Å²) in [6, 6.07) is 7.00. The van der Waals surface area contributed by atoms with Crippen LogP contribution in [0.5, 0.6) is 0 Å². The predicted octanol–water partition coefficient (Wildman–Crippen LogP) is 4.13. The van der Waals surface area contributed by atoms with E-state index in [9.17, 15) is 0 Å². The molecule has 0 spiro atoms. The summed E-state index contributed by atoms with van der Waals surface area (Å²) < 4.78 is 0. The van der Waals surface area contributed by atoms with Crippen LogP contribution in [0.1, 0.15) is 42.9 Å². The van der Waals surface area contributed by atoms with Crippen molar-refractivity contribution in [2.75, 3.05) is 0 Å². The number of hydrogen-bond acceptors (Lipinski definition) is 0. The first kappa shape index (κ1) is 11.0. The van der Waals surface area contributed by atoms with E-state index in [1.54, 1.807) is 11.1 Å². The van der Waals surface area contributed by atoms with Gasteiger partial charge in [0.2, 0.25) is 0 Å². The standard InChI is InChI=1S/C14H19Cl/c1-11(15)6-7-12-8-9-13-4-2-3-5-14(13)10-12/h8-11H,2-7H2,1H3. The van der Waals surface area contributed by atoms with Gasteiger partial charge < -0.3 is 0 Å². The first-order valence-corrected chi connectivity index (χ1v) is 6.44. The summed E-state index contributed by atoms with van der Waals surface area (Å²) in [5.74, 6) is 0. The number of benzene rings is 1. The van der Waals surface area contributed by atoms with Crippen LogP contribution in [0.25, 0.3) is 0 Å². The van der Waals surface area contributed by atoms with Gasteiger partial charge >= 0.3 is 0 Å². The molecule has 0 aliphatic heterocycles. The summed E-state index contributed by atoms with van der Waals surface area (Å²) in [7, 11) is 0. The summed E-state index contributed by atoms with van der Waals surface area (Å²) in [6.07, 6.45) is 7.49. The zero-order valence-electron chi connectivity index (χ0n) is 9.43. The second kappa shape index (κ2) is 5.03. The molecule has 0 nitrogen and oxygen atoms in total. The minimum atomic E-state index is 0.293. The van der Waals surface area contributed by atoms with E-state index < -0.39 is 0 Å². The molecule has 15 heavy (non-hydrogen) atoms. The van der Waals surface area contributed by atoms with Gasteiger partial charge in [-0.2, -0.15) is 0 Å². The van der Waals surface area contributed by atoms with Crippen LogP contribution in [-0.4, -0.2) is 5.38 Å². The molecule has 0 fully saturated rings. The molecule has 1 aromatic rings. The third-order valence-corrected chi connectivity index (χ3v) is 3.46. The molecule has 82 valence electrons. The van der Waals surface area contributed by atoms with Crippen molar-refractivity contribution in [3.63, 3.8) is 0 Å². The fourth-order valence-electron chi connectivity index (χ4n) is 2.31. The van der Waals surface area contributed by atoms with E-state index in [1.807, 2.05) is 0 Å². The molecule has 1 atom stereocenters. The summed E-state index contributed by atoms with van der Waals surface area (Å²) in [4.78, 5) is 0. The van der Waals surface area contributed by atoms with Crippen molar-refractivity contribution in [1.29, 1.82) is 0 Å². The van der Waals surface area contributed by atoms with E-state index in [0.29, 0.717) is 5.38 Å². The normalized spacial score (nSPS) is 17.2. The van der Waals surface area contributed by atoms with Crippen LogP contribution >= 0.6 is 11.6 Å². The molecule has 0 saturated carbocycles. The van der Waals surface area contributed by atoms with Crippen molar-refractivity contribution >= 4 is 11.6 Å². The van der Waals surface area contributed by atoms with Gasteiger partial charge in [0.15, 0.2) is 0 Å². The third kappa shape index (κ3) is 2.98. The molecule has 1 heteroatoms. The lowest BCUT2D eigenvalue weighted by molar-refractivity contribution is 0.683. The van der Waals surface area contributed by atoms with Crippen LogP contribution in [0.4, 0.5) is 0 Å². The molecule has 1 aliphatic rings. The predicted molar refractivity (Wildman–Crippen MR) is 66.7 cm³/mol. The van der Waals surface area contributed by atoms with E-state index in [1.165, 1.54) is 31.2 Å². The van der Waals surface area contributed by atoms with Gasteiger partial charge in [0.05, 0.1) is 0 Å². The second-order valence-electron chi connectivity index (χ2n) is 4.63. The van der Waals surface area contributed by atoms with Gasteiger partial charge in [-0.1, -0.05) is 18.2 Å².